The fourth-order valence-electron chi connectivity index (χ4n) is 4.31. The summed E-state index contributed by atoms with van der Waals surface area (Å²) in [5.41, 5.74) is 0.981. The number of carboxylic acids is 1. The van der Waals surface area contributed by atoms with Crippen LogP contribution in [0.15, 0.2) is 24.3 Å². The highest BCUT2D eigenvalue weighted by Crippen LogP contribution is 2.52. The second-order valence-electron chi connectivity index (χ2n) is 6.73. The van der Waals surface area contributed by atoms with Crippen LogP contribution >= 0.6 is 0 Å². The topological polar surface area (TPSA) is 75.6 Å². The first-order valence-electron chi connectivity index (χ1n) is 8.18. The van der Waals surface area contributed by atoms with Crippen molar-refractivity contribution in [3.63, 3.8) is 0 Å². The smallest absolute Gasteiger partial charge is 0.307 e. The molecule has 1 aromatic rings. The lowest BCUT2D eigenvalue weighted by molar-refractivity contribution is -0.149. The molecule has 3 rings (SSSR count). The summed E-state index contributed by atoms with van der Waals surface area (Å²) in [5, 5.41) is 12.5. The van der Waals surface area contributed by atoms with Crippen molar-refractivity contribution in [3.05, 3.63) is 29.8 Å². The second-order valence-corrected chi connectivity index (χ2v) is 6.73. The van der Waals surface area contributed by atoms with Crippen molar-refractivity contribution < 1.29 is 19.4 Å². The van der Waals surface area contributed by atoms with E-state index in [1.807, 2.05) is 31.2 Å². The standard InChI is InChI=1S/C18H23NO4/c1-10(11-5-7-14(23-2)8-6-11)19-17(20)15-12-3-4-13(9-12)16(15)18(21)22/h5-8,10,12-13,15-16H,3-4,9H2,1-2H3,(H,19,20)(H,21,22)/t10-,12-,13-,15-,16+/m0/s1. The van der Waals surface area contributed by atoms with Gasteiger partial charge in [0.25, 0.3) is 0 Å². The van der Waals surface area contributed by atoms with Gasteiger partial charge in [-0.05, 0) is 55.7 Å². The highest BCUT2D eigenvalue weighted by molar-refractivity contribution is 5.86. The number of hydrogen-bond donors (Lipinski definition) is 2. The molecule has 0 saturated heterocycles. The van der Waals surface area contributed by atoms with E-state index < -0.39 is 11.9 Å². The first-order chi connectivity index (χ1) is 11.0. The lowest BCUT2D eigenvalue weighted by atomic mass is 9.78. The van der Waals surface area contributed by atoms with Crippen molar-refractivity contribution in [3.8, 4) is 5.75 Å². The number of carbonyl (C=O) groups is 2. The van der Waals surface area contributed by atoms with Crippen molar-refractivity contribution >= 4 is 11.9 Å². The molecule has 5 heteroatoms. The van der Waals surface area contributed by atoms with E-state index in [4.69, 9.17) is 4.74 Å². The Bertz CT molecular complexity index is 598. The third-order valence-corrected chi connectivity index (χ3v) is 5.48. The number of nitrogens with one attached hydrogen (secondary N) is 1. The molecule has 2 bridgehead atoms. The molecule has 23 heavy (non-hydrogen) atoms. The van der Waals surface area contributed by atoms with Gasteiger partial charge < -0.3 is 15.2 Å². The first kappa shape index (κ1) is 15.8. The van der Waals surface area contributed by atoms with Crippen molar-refractivity contribution in [2.24, 2.45) is 23.7 Å². The summed E-state index contributed by atoms with van der Waals surface area (Å²) >= 11 is 0. The highest BCUT2D eigenvalue weighted by atomic mass is 16.5. The third-order valence-electron chi connectivity index (χ3n) is 5.48. The van der Waals surface area contributed by atoms with Gasteiger partial charge in [-0.2, -0.15) is 0 Å². The van der Waals surface area contributed by atoms with Gasteiger partial charge in [-0.1, -0.05) is 12.1 Å². The van der Waals surface area contributed by atoms with Crippen LogP contribution in [-0.4, -0.2) is 24.1 Å². The molecule has 0 spiro atoms. The van der Waals surface area contributed by atoms with Gasteiger partial charge in [0.15, 0.2) is 0 Å². The van der Waals surface area contributed by atoms with Gasteiger partial charge in [0.1, 0.15) is 5.75 Å². The molecule has 2 fully saturated rings. The SMILES string of the molecule is COc1ccc([C@H](C)NC(=O)[C@H]2[C@H]3CC[C@@H](C3)[C@H]2C(=O)O)cc1. The molecule has 0 unspecified atom stereocenters. The zero-order valence-electron chi connectivity index (χ0n) is 13.5. The fraction of sp³-hybridized carbons (Fsp3) is 0.556. The van der Waals surface area contributed by atoms with Gasteiger partial charge in [0, 0.05) is 0 Å². The minimum absolute atomic E-state index is 0.118. The van der Waals surface area contributed by atoms with Crippen molar-refractivity contribution in [2.45, 2.75) is 32.2 Å². The van der Waals surface area contributed by atoms with Gasteiger partial charge in [-0.25, -0.2) is 0 Å². The molecule has 124 valence electrons. The minimum Gasteiger partial charge on any atom is -0.497 e. The molecular weight excluding hydrogens is 294 g/mol. The van der Waals surface area contributed by atoms with Gasteiger partial charge >= 0.3 is 5.97 Å². The molecule has 0 aromatic heterocycles. The molecule has 2 aliphatic carbocycles. The fourth-order valence-corrected chi connectivity index (χ4v) is 4.31. The van der Waals surface area contributed by atoms with Crippen molar-refractivity contribution in [1.29, 1.82) is 0 Å². The van der Waals surface area contributed by atoms with Crippen molar-refractivity contribution in [1.82, 2.24) is 5.32 Å². The zero-order valence-corrected chi connectivity index (χ0v) is 13.5. The van der Waals surface area contributed by atoms with Crippen LogP contribution in [0.25, 0.3) is 0 Å². The number of methoxy groups -OCH3 is 1. The first-order valence-corrected chi connectivity index (χ1v) is 8.18. The average Bonchev–Trinajstić information content (AvgIpc) is 3.15. The van der Waals surface area contributed by atoms with Crippen LogP contribution in [0.5, 0.6) is 5.75 Å². The Hall–Kier alpha value is -2.04. The number of amides is 1. The van der Waals surface area contributed by atoms with Crippen LogP contribution in [0.1, 0.15) is 37.8 Å². The molecule has 2 saturated carbocycles. The number of carboxylic acid groups (broad SMARTS) is 1. The number of carbonyl (C=O) groups excluding carboxylic acids is 1. The maximum Gasteiger partial charge on any atom is 0.307 e. The summed E-state index contributed by atoms with van der Waals surface area (Å²) in [5.74, 6) is -0.675. The third kappa shape index (κ3) is 2.92. The maximum atomic E-state index is 12.7. The van der Waals surface area contributed by atoms with Crippen LogP contribution in [0, 0.1) is 23.7 Å². The second kappa shape index (κ2) is 6.22. The molecule has 0 radical (unpaired) electrons. The molecule has 0 aliphatic heterocycles. The summed E-state index contributed by atoms with van der Waals surface area (Å²) in [4.78, 5) is 24.2. The number of ether oxygens (including phenoxy) is 1. The predicted molar refractivity (Wildman–Crippen MR) is 85.0 cm³/mol. The van der Waals surface area contributed by atoms with Crippen LogP contribution in [-0.2, 0) is 9.59 Å². The van der Waals surface area contributed by atoms with Crippen LogP contribution in [0.3, 0.4) is 0 Å². The Morgan fingerprint density at radius 3 is 2.35 bits per heavy atom. The molecule has 5 nitrogen and oxygen atoms in total. The number of benzene rings is 1. The number of aliphatic carboxylic acids is 1. The van der Waals surface area contributed by atoms with Crippen molar-refractivity contribution in [2.75, 3.05) is 7.11 Å². The minimum atomic E-state index is -0.825. The highest BCUT2D eigenvalue weighted by Gasteiger charge is 2.54. The van der Waals surface area contributed by atoms with E-state index in [-0.39, 0.29) is 29.7 Å². The summed E-state index contributed by atoms with van der Waals surface area (Å²) in [7, 11) is 1.61. The summed E-state index contributed by atoms with van der Waals surface area (Å²) in [6.45, 7) is 1.92. The van der Waals surface area contributed by atoms with Gasteiger partial charge in [0.2, 0.25) is 5.91 Å². The number of rotatable bonds is 5. The normalized spacial score (nSPS) is 30.0. The van der Waals surface area contributed by atoms with E-state index in [0.717, 1.165) is 30.6 Å². The quantitative estimate of drug-likeness (QED) is 0.875. The molecular formula is C18H23NO4. The Kier molecular flexibility index (Phi) is 4.28. The Balaban J connectivity index is 1.69. The molecule has 1 amide bonds. The van der Waals surface area contributed by atoms with E-state index >= 15 is 0 Å². The number of fused-ring (bicyclic) bond motifs is 2. The Labute approximate surface area is 136 Å². The van der Waals surface area contributed by atoms with Crippen LogP contribution in [0.2, 0.25) is 0 Å². The van der Waals surface area contributed by atoms with E-state index in [1.165, 1.54) is 0 Å². The number of hydrogen-bond acceptors (Lipinski definition) is 3. The molecule has 1 aromatic carbocycles. The van der Waals surface area contributed by atoms with Crippen LogP contribution < -0.4 is 10.1 Å². The van der Waals surface area contributed by atoms with E-state index in [0.29, 0.717) is 0 Å². The van der Waals surface area contributed by atoms with Gasteiger partial charge in [-0.15, -0.1) is 0 Å². The lowest BCUT2D eigenvalue weighted by Gasteiger charge is -2.28. The lowest BCUT2D eigenvalue weighted by Crippen LogP contribution is -2.42. The predicted octanol–water partition coefficient (Wildman–Crippen LogP) is 2.62. The average molecular weight is 317 g/mol. The largest absolute Gasteiger partial charge is 0.497 e. The Morgan fingerprint density at radius 1 is 1.17 bits per heavy atom. The zero-order chi connectivity index (χ0) is 16.6. The van der Waals surface area contributed by atoms with Gasteiger partial charge in [-0.3, -0.25) is 9.59 Å². The Morgan fingerprint density at radius 2 is 1.78 bits per heavy atom. The molecule has 2 N–H and O–H groups in total. The van der Waals surface area contributed by atoms with Gasteiger partial charge in [0.05, 0.1) is 25.0 Å². The van der Waals surface area contributed by atoms with E-state index in [1.54, 1.807) is 7.11 Å². The summed E-state index contributed by atoms with van der Waals surface area (Å²) < 4.78 is 5.13. The molecule has 2 aliphatic rings. The summed E-state index contributed by atoms with van der Waals surface area (Å²) in [6.07, 6.45) is 2.80. The molecule has 0 heterocycles. The molecule has 5 atom stereocenters. The summed E-state index contributed by atoms with van der Waals surface area (Å²) in [6, 6.07) is 7.39. The van der Waals surface area contributed by atoms with E-state index in [2.05, 4.69) is 5.32 Å². The monoisotopic (exact) mass is 317 g/mol. The van der Waals surface area contributed by atoms with Crippen LogP contribution in [0.4, 0.5) is 0 Å². The van der Waals surface area contributed by atoms with E-state index in [9.17, 15) is 14.7 Å². The maximum absolute atomic E-state index is 12.7.